The first kappa shape index (κ1) is 23.0. The zero-order valence-electron chi connectivity index (χ0n) is 16.8. The first-order valence-corrected chi connectivity index (χ1v) is 10.1. The minimum absolute atomic E-state index is 0.0256. The maximum absolute atomic E-state index is 12.4. The topological polar surface area (TPSA) is 136 Å². The van der Waals surface area contributed by atoms with Gasteiger partial charge in [-0.05, 0) is 37.6 Å². The summed E-state index contributed by atoms with van der Waals surface area (Å²) in [5.41, 5.74) is 0.333. The Bertz CT molecular complexity index is 1110. The Kier molecular flexibility index (Phi) is 6.90. The number of anilines is 1. The number of esters is 1. The van der Waals surface area contributed by atoms with Gasteiger partial charge in [-0.25, -0.2) is 17.5 Å². The van der Waals surface area contributed by atoms with Gasteiger partial charge in [0.05, 0.1) is 9.82 Å². The molecule has 10 nitrogen and oxygen atoms in total. The summed E-state index contributed by atoms with van der Waals surface area (Å²) >= 11 is 0. The summed E-state index contributed by atoms with van der Waals surface area (Å²) in [7, 11) is -0.926. The molecule has 0 aliphatic carbocycles. The summed E-state index contributed by atoms with van der Waals surface area (Å²) in [6, 6.07) is 8.54. The number of benzene rings is 2. The molecule has 1 N–H and O–H groups in total. The molecule has 0 bridgehead atoms. The summed E-state index contributed by atoms with van der Waals surface area (Å²) in [5.74, 6) is -1.74. The Morgan fingerprint density at radius 1 is 1.13 bits per heavy atom. The van der Waals surface area contributed by atoms with Crippen molar-refractivity contribution in [3.63, 3.8) is 0 Å². The lowest BCUT2D eigenvalue weighted by molar-refractivity contribution is -0.385. The van der Waals surface area contributed by atoms with Crippen molar-refractivity contribution >= 4 is 33.3 Å². The van der Waals surface area contributed by atoms with Crippen LogP contribution in [0, 0.1) is 24.0 Å². The fourth-order valence-corrected chi connectivity index (χ4v) is 3.77. The second-order valence-corrected chi connectivity index (χ2v) is 8.74. The number of carbonyl (C=O) groups is 2. The minimum Gasteiger partial charge on any atom is -0.452 e. The molecule has 0 unspecified atom stereocenters. The molecule has 2 aromatic rings. The van der Waals surface area contributed by atoms with E-state index in [0.29, 0.717) is 5.56 Å². The van der Waals surface area contributed by atoms with Crippen molar-refractivity contribution in [3.05, 3.63) is 63.2 Å². The molecule has 0 spiro atoms. The fourth-order valence-electron chi connectivity index (χ4n) is 2.62. The van der Waals surface area contributed by atoms with Crippen LogP contribution in [-0.2, 0) is 19.6 Å². The number of nitro benzene ring substituents is 1. The quantitative estimate of drug-likeness (QED) is 0.400. The lowest BCUT2D eigenvalue weighted by Crippen LogP contribution is -2.24. The van der Waals surface area contributed by atoms with Crippen molar-refractivity contribution in [1.82, 2.24) is 4.31 Å². The zero-order chi connectivity index (χ0) is 22.6. The van der Waals surface area contributed by atoms with Crippen molar-refractivity contribution in [2.75, 3.05) is 26.0 Å². The number of hydrogen-bond acceptors (Lipinski definition) is 7. The molecule has 0 saturated carbocycles. The third-order valence-corrected chi connectivity index (χ3v) is 6.16. The molecule has 160 valence electrons. The van der Waals surface area contributed by atoms with Crippen LogP contribution in [0.15, 0.2) is 41.3 Å². The lowest BCUT2D eigenvalue weighted by Gasteiger charge is -2.15. The van der Waals surface area contributed by atoms with E-state index < -0.39 is 33.4 Å². The van der Waals surface area contributed by atoms with Crippen LogP contribution >= 0.6 is 0 Å². The molecule has 0 fully saturated rings. The number of sulfonamides is 1. The summed E-state index contributed by atoms with van der Waals surface area (Å²) in [4.78, 5) is 34.8. The number of nitrogens with one attached hydrogen (secondary N) is 1. The van der Waals surface area contributed by atoms with Gasteiger partial charge in [-0.15, -0.1) is 0 Å². The second kappa shape index (κ2) is 9.01. The van der Waals surface area contributed by atoms with E-state index in [-0.39, 0.29) is 27.4 Å². The standard InChI is InChI=1S/C19H21N3O7S/c1-12-8-9-14(10-16(12)30(27,28)21(3)4)20-17(23)11-29-19(24)15-7-5-6-13(2)18(15)22(25)26/h5-10H,11H2,1-4H3,(H,20,23). The van der Waals surface area contributed by atoms with Gasteiger partial charge in [0.15, 0.2) is 6.61 Å². The Labute approximate surface area is 173 Å². The minimum atomic E-state index is -3.71. The molecule has 0 aliphatic heterocycles. The highest BCUT2D eigenvalue weighted by atomic mass is 32.2. The van der Waals surface area contributed by atoms with Gasteiger partial charge < -0.3 is 10.1 Å². The van der Waals surface area contributed by atoms with Gasteiger partial charge in [-0.3, -0.25) is 14.9 Å². The summed E-state index contributed by atoms with van der Waals surface area (Å²) < 4.78 is 30.7. The zero-order valence-corrected chi connectivity index (χ0v) is 17.6. The SMILES string of the molecule is Cc1ccc(NC(=O)COC(=O)c2cccc(C)c2[N+](=O)[O-])cc1S(=O)(=O)N(C)C. The van der Waals surface area contributed by atoms with Gasteiger partial charge in [-0.1, -0.05) is 18.2 Å². The Morgan fingerprint density at radius 2 is 1.80 bits per heavy atom. The van der Waals surface area contributed by atoms with Crippen molar-refractivity contribution < 1.29 is 27.7 Å². The maximum Gasteiger partial charge on any atom is 0.345 e. The van der Waals surface area contributed by atoms with Crippen molar-refractivity contribution in [2.24, 2.45) is 0 Å². The van der Waals surface area contributed by atoms with Gasteiger partial charge in [0.2, 0.25) is 10.0 Å². The summed E-state index contributed by atoms with van der Waals surface area (Å²) in [6.45, 7) is 2.41. The first-order chi connectivity index (χ1) is 13.9. The van der Waals surface area contributed by atoms with E-state index in [1.807, 2.05) is 0 Å². The molecule has 0 atom stereocenters. The van der Waals surface area contributed by atoms with Crippen LogP contribution in [0.25, 0.3) is 0 Å². The van der Waals surface area contributed by atoms with Gasteiger partial charge in [0.25, 0.3) is 11.6 Å². The maximum atomic E-state index is 12.4. The van der Waals surface area contributed by atoms with Crippen LogP contribution in [0.2, 0.25) is 0 Å². The van der Waals surface area contributed by atoms with Crippen LogP contribution in [0.5, 0.6) is 0 Å². The van der Waals surface area contributed by atoms with Gasteiger partial charge in [-0.2, -0.15) is 0 Å². The monoisotopic (exact) mass is 435 g/mol. The first-order valence-electron chi connectivity index (χ1n) is 8.69. The molecule has 0 aromatic heterocycles. The van der Waals surface area contributed by atoms with Gasteiger partial charge in [0.1, 0.15) is 5.56 Å². The predicted octanol–water partition coefficient (Wildman–Crippen LogP) is 2.26. The summed E-state index contributed by atoms with van der Waals surface area (Å²) in [5, 5.41) is 13.6. The van der Waals surface area contributed by atoms with Gasteiger partial charge in [0, 0.05) is 25.3 Å². The number of ether oxygens (including phenoxy) is 1. The highest BCUT2D eigenvalue weighted by Crippen LogP contribution is 2.24. The fraction of sp³-hybridized carbons (Fsp3) is 0.263. The average Bonchev–Trinajstić information content (AvgIpc) is 2.66. The number of hydrogen-bond donors (Lipinski definition) is 1. The molecule has 1 amide bonds. The normalized spacial score (nSPS) is 11.2. The molecule has 0 saturated heterocycles. The number of para-hydroxylation sites is 1. The van der Waals surface area contributed by atoms with E-state index in [9.17, 15) is 28.1 Å². The number of rotatable bonds is 7. The third-order valence-electron chi connectivity index (χ3n) is 4.21. The Hall–Kier alpha value is -3.31. The molecule has 0 radical (unpaired) electrons. The van der Waals surface area contributed by atoms with E-state index >= 15 is 0 Å². The number of carbonyl (C=O) groups excluding carboxylic acids is 2. The lowest BCUT2D eigenvalue weighted by atomic mass is 10.1. The highest BCUT2D eigenvalue weighted by molar-refractivity contribution is 7.89. The van der Waals surface area contributed by atoms with Crippen molar-refractivity contribution in [3.8, 4) is 0 Å². The van der Waals surface area contributed by atoms with E-state index in [1.54, 1.807) is 6.92 Å². The second-order valence-electron chi connectivity index (χ2n) is 6.62. The number of nitrogens with zero attached hydrogens (tertiary/aromatic N) is 2. The molecular formula is C19H21N3O7S. The largest absolute Gasteiger partial charge is 0.452 e. The highest BCUT2D eigenvalue weighted by Gasteiger charge is 2.24. The van der Waals surface area contributed by atoms with Gasteiger partial charge >= 0.3 is 5.97 Å². The van der Waals surface area contributed by atoms with E-state index in [4.69, 9.17) is 4.74 Å². The van der Waals surface area contributed by atoms with Crippen LogP contribution in [0.1, 0.15) is 21.5 Å². The third kappa shape index (κ3) is 4.99. The van der Waals surface area contributed by atoms with E-state index in [2.05, 4.69) is 5.32 Å². The van der Waals surface area contributed by atoms with E-state index in [1.165, 1.54) is 57.4 Å². The molecule has 30 heavy (non-hydrogen) atoms. The molecule has 2 rings (SSSR count). The molecule has 2 aromatic carbocycles. The number of amides is 1. The average molecular weight is 435 g/mol. The Morgan fingerprint density at radius 3 is 2.40 bits per heavy atom. The van der Waals surface area contributed by atoms with Crippen LogP contribution in [0.3, 0.4) is 0 Å². The predicted molar refractivity (Wildman–Crippen MR) is 109 cm³/mol. The van der Waals surface area contributed by atoms with Crippen molar-refractivity contribution in [1.29, 1.82) is 0 Å². The molecule has 11 heteroatoms. The van der Waals surface area contributed by atoms with Crippen LogP contribution in [0.4, 0.5) is 11.4 Å². The van der Waals surface area contributed by atoms with Crippen LogP contribution in [-0.4, -0.2) is 50.2 Å². The molecule has 0 heterocycles. The summed E-state index contributed by atoms with van der Waals surface area (Å²) in [6.07, 6.45) is 0. The smallest absolute Gasteiger partial charge is 0.345 e. The van der Waals surface area contributed by atoms with Crippen LogP contribution < -0.4 is 5.32 Å². The van der Waals surface area contributed by atoms with E-state index in [0.717, 1.165) is 4.31 Å². The number of aryl methyl sites for hydroxylation is 2. The Balaban J connectivity index is 2.12. The molecule has 0 aliphatic rings. The number of nitro groups is 1. The molecular weight excluding hydrogens is 414 g/mol. The van der Waals surface area contributed by atoms with Crippen molar-refractivity contribution in [2.45, 2.75) is 18.7 Å².